The minimum absolute atomic E-state index is 0.104. The van der Waals surface area contributed by atoms with Gasteiger partial charge >= 0.3 is 6.18 Å². The molecule has 0 atom stereocenters. The summed E-state index contributed by atoms with van der Waals surface area (Å²) >= 11 is 5.99. The van der Waals surface area contributed by atoms with E-state index in [0.717, 1.165) is 22.9 Å². The van der Waals surface area contributed by atoms with Gasteiger partial charge < -0.3 is 15.4 Å². The van der Waals surface area contributed by atoms with E-state index in [0.29, 0.717) is 36.4 Å². The fourth-order valence-electron chi connectivity index (χ4n) is 4.31. The molecule has 0 radical (unpaired) electrons. The molecule has 0 bridgehead atoms. The molecule has 3 aromatic carbocycles. The maximum absolute atomic E-state index is 13.2. The van der Waals surface area contributed by atoms with Crippen molar-refractivity contribution in [3.05, 3.63) is 75.3 Å². The summed E-state index contributed by atoms with van der Waals surface area (Å²) in [5, 5.41) is 19.3. The molecule has 36 heavy (non-hydrogen) atoms. The first-order chi connectivity index (χ1) is 17.1. The summed E-state index contributed by atoms with van der Waals surface area (Å²) < 4.78 is 45.4. The van der Waals surface area contributed by atoms with Crippen molar-refractivity contribution >= 4 is 45.3 Å². The van der Waals surface area contributed by atoms with Gasteiger partial charge in [0.05, 0.1) is 11.0 Å². The minimum Gasteiger partial charge on any atom is -0.382 e. The lowest BCUT2D eigenvalue weighted by atomic mass is 9.92. The second-order valence-corrected chi connectivity index (χ2v) is 9.11. The van der Waals surface area contributed by atoms with E-state index >= 15 is 0 Å². The number of carbonyl (C=O) groups is 1. The first-order valence-corrected chi connectivity index (χ1v) is 11.7. The Labute approximate surface area is 209 Å². The van der Waals surface area contributed by atoms with Crippen LogP contribution in [-0.4, -0.2) is 29.6 Å². The Balaban J connectivity index is 1.25. The standard InChI is InChI=1S/C25H23ClF3N3O4/c26-17-3-1-16-12-19(4-2-15(16)11-17)31-24(33)14-36-21-8-5-18(6-9-21)30-20-7-10-23(32(34)35)22(13-20)25(27,28)29/h1-4,7,10-13,18,21,30H,5-6,8-9,14H2,(H,31,33). The van der Waals surface area contributed by atoms with Crippen LogP contribution in [0.1, 0.15) is 31.2 Å². The van der Waals surface area contributed by atoms with E-state index in [2.05, 4.69) is 10.6 Å². The highest BCUT2D eigenvalue weighted by Crippen LogP contribution is 2.38. The van der Waals surface area contributed by atoms with Crippen LogP contribution >= 0.6 is 11.6 Å². The SMILES string of the molecule is O=C(COC1CCC(Nc2ccc([N+](=O)[O-])c(C(F)(F)F)c2)CC1)Nc1ccc2cc(Cl)ccc2c1. The van der Waals surface area contributed by atoms with Crippen LogP contribution in [0, 0.1) is 10.1 Å². The highest BCUT2D eigenvalue weighted by Gasteiger charge is 2.38. The van der Waals surface area contributed by atoms with E-state index in [-0.39, 0.29) is 30.3 Å². The van der Waals surface area contributed by atoms with Gasteiger partial charge in [0, 0.05) is 28.5 Å². The Morgan fingerprint density at radius 3 is 2.36 bits per heavy atom. The molecule has 1 aliphatic rings. The highest BCUT2D eigenvalue weighted by molar-refractivity contribution is 6.31. The summed E-state index contributed by atoms with van der Waals surface area (Å²) in [5.74, 6) is -0.283. The molecule has 7 nitrogen and oxygen atoms in total. The van der Waals surface area contributed by atoms with Gasteiger partial charge in [0.15, 0.2) is 0 Å². The van der Waals surface area contributed by atoms with Gasteiger partial charge in [0.1, 0.15) is 12.2 Å². The van der Waals surface area contributed by atoms with E-state index in [4.69, 9.17) is 16.3 Å². The Morgan fingerprint density at radius 1 is 1.00 bits per heavy atom. The third-order valence-corrected chi connectivity index (χ3v) is 6.31. The summed E-state index contributed by atoms with van der Waals surface area (Å²) in [6.45, 7) is -0.112. The van der Waals surface area contributed by atoms with Crippen molar-refractivity contribution in [3.63, 3.8) is 0 Å². The number of hydrogen-bond acceptors (Lipinski definition) is 5. The molecule has 0 unspecified atom stereocenters. The number of carbonyl (C=O) groups excluding carboxylic acids is 1. The van der Waals surface area contributed by atoms with Gasteiger partial charge in [-0.05, 0) is 72.9 Å². The molecule has 0 saturated heterocycles. The number of nitrogens with one attached hydrogen (secondary N) is 2. The van der Waals surface area contributed by atoms with Crippen molar-refractivity contribution in [2.24, 2.45) is 0 Å². The predicted molar refractivity (Wildman–Crippen MR) is 131 cm³/mol. The maximum atomic E-state index is 13.2. The van der Waals surface area contributed by atoms with Crippen molar-refractivity contribution in [2.45, 2.75) is 44.0 Å². The molecular weight excluding hydrogens is 499 g/mol. The van der Waals surface area contributed by atoms with Crippen molar-refractivity contribution < 1.29 is 27.6 Å². The number of ether oxygens (including phenoxy) is 1. The van der Waals surface area contributed by atoms with Gasteiger partial charge in [-0.3, -0.25) is 14.9 Å². The van der Waals surface area contributed by atoms with Gasteiger partial charge in [-0.1, -0.05) is 23.7 Å². The summed E-state index contributed by atoms with van der Waals surface area (Å²) in [7, 11) is 0. The Bertz CT molecular complexity index is 1280. The summed E-state index contributed by atoms with van der Waals surface area (Å²) in [4.78, 5) is 22.2. The summed E-state index contributed by atoms with van der Waals surface area (Å²) in [5.41, 5.74) is -1.44. The molecule has 0 aromatic heterocycles. The quantitative estimate of drug-likeness (QED) is 0.263. The molecule has 1 saturated carbocycles. The van der Waals surface area contributed by atoms with Crippen molar-refractivity contribution in [1.29, 1.82) is 0 Å². The monoisotopic (exact) mass is 521 g/mol. The number of nitro benzene ring substituents is 1. The summed E-state index contributed by atoms with van der Waals surface area (Å²) in [6.07, 6.45) is -2.47. The summed E-state index contributed by atoms with van der Waals surface area (Å²) in [6, 6.07) is 13.8. The third kappa shape index (κ3) is 6.44. The number of anilines is 2. The largest absolute Gasteiger partial charge is 0.423 e. The molecular formula is C25H23ClF3N3O4. The fraction of sp³-hybridized carbons (Fsp3) is 0.320. The van der Waals surface area contributed by atoms with Gasteiger partial charge in [-0.25, -0.2) is 0 Å². The first kappa shape index (κ1) is 25.7. The molecule has 1 amide bonds. The molecule has 11 heteroatoms. The Morgan fingerprint density at radius 2 is 1.67 bits per heavy atom. The van der Waals surface area contributed by atoms with Crippen LogP contribution in [0.25, 0.3) is 10.8 Å². The average molecular weight is 522 g/mol. The van der Waals surface area contributed by atoms with E-state index in [1.807, 2.05) is 24.3 Å². The lowest BCUT2D eigenvalue weighted by molar-refractivity contribution is -0.388. The number of hydrogen-bond donors (Lipinski definition) is 2. The zero-order valence-corrected chi connectivity index (χ0v) is 19.7. The molecule has 4 rings (SSSR count). The second kappa shape index (κ2) is 10.7. The van der Waals surface area contributed by atoms with Crippen LogP contribution in [0.4, 0.5) is 30.2 Å². The lowest BCUT2D eigenvalue weighted by Crippen LogP contribution is -2.31. The van der Waals surface area contributed by atoms with E-state index in [9.17, 15) is 28.1 Å². The van der Waals surface area contributed by atoms with Crippen molar-refractivity contribution in [3.8, 4) is 0 Å². The van der Waals surface area contributed by atoms with Crippen LogP contribution in [-0.2, 0) is 15.7 Å². The predicted octanol–water partition coefficient (Wildman–Crippen LogP) is 6.80. The number of halogens is 4. The van der Waals surface area contributed by atoms with Crippen LogP contribution in [0.15, 0.2) is 54.6 Å². The van der Waals surface area contributed by atoms with Crippen LogP contribution in [0.5, 0.6) is 0 Å². The average Bonchev–Trinajstić information content (AvgIpc) is 2.83. The maximum Gasteiger partial charge on any atom is 0.423 e. The molecule has 190 valence electrons. The van der Waals surface area contributed by atoms with Crippen LogP contribution in [0.3, 0.4) is 0 Å². The molecule has 2 N–H and O–H groups in total. The number of nitrogens with zero attached hydrogens (tertiary/aromatic N) is 1. The molecule has 0 aliphatic heterocycles. The molecule has 0 heterocycles. The minimum atomic E-state index is -4.83. The zero-order valence-electron chi connectivity index (χ0n) is 19.0. The van der Waals surface area contributed by atoms with Crippen molar-refractivity contribution in [2.75, 3.05) is 17.2 Å². The number of amides is 1. The normalized spacial score (nSPS) is 18.1. The number of benzene rings is 3. The Kier molecular flexibility index (Phi) is 7.65. The van der Waals surface area contributed by atoms with Crippen LogP contribution < -0.4 is 10.6 Å². The Hall–Kier alpha value is -3.37. The van der Waals surface area contributed by atoms with Crippen LogP contribution in [0.2, 0.25) is 5.02 Å². The van der Waals surface area contributed by atoms with Gasteiger partial charge in [0.2, 0.25) is 5.91 Å². The third-order valence-electron chi connectivity index (χ3n) is 6.08. The van der Waals surface area contributed by atoms with Crippen molar-refractivity contribution in [1.82, 2.24) is 0 Å². The van der Waals surface area contributed by atoms with E-state index < -0.39 is 22.4 Å². The fourth-order valence-corrected chi connectivity index (χ4v) is 4.49. The molecule has 1 aliphatic carbocycles. The first-order valence-electron chi connectivity index (χ1n) is 11.3. The topological polar surface area (TPSA) is 93.5 Å². The van der Waals surface area contributed by atoms with Gasteiger partial charge in [-0.2, -0.15) is 13.2 Å². The number of nitro groups is 1. The van der Waals surface area contributed by atoms with Gasteiger partial charge in [0.25, 0.3) is 5.69 Å². The van der Waals surface area contributed by atoms with E-state index in [1.165, 1.54) is 6.07 Å². The molecule has 3 aromatic rings. The molecule has 1 fully saturated rings. The second-order valence-electron chi connectivity index (χ2n) is 8.67. The number of fused-ring (bicyclic) bond motifs is 1. The number of alkyl halides is 3. The number of rotatable bonds is 7. The smallest absolute Gasteiger partial charge is 0.382 e. The zero-order chi connectivity index (χ0) is 25.9. The van der Waals surface area contributed by atoms with E-state index in [1.54, 1.807) is 12.1 Å². The molecule has 0 spiro atoms. The van der Waals surface area contributed by atoms with Gasteiger partial charge in [-0.15, -0.1) is 0 Å². The lowest BCUT2D eigenvalue weighted by Gasteiger charge is -2.29. The highest BCUT2D eigenvalue weighted by atomic mass is 35.5.